The van der Waals surface area contributed by atoms with Crippen LogP contribution in [0, 0.1) is 11.8 Å². The number of nitrogens with zero attached hydrogens (tertiary/aromatic N) is 4. The standard InChI is InChI=1S/C25H31N5O5/c1-27-15-19(22-20(16-27)24(32)30(26-22)17-6-4-3-5-7-17)23(31)29-12-10-28(11-13-29)14-18-8-9-21(35-18)25(33)34-2/h3-9,19-20,22,26H,10-16H2,1-2H3. The number of carbonyl (C=O) groups excluding carboxylic acids is 3. The number of likely N-dealkylation sites (tertiary alicyclic amines) is 1. The number of methoxy groups -OCH3 is 1. The molecule has 0 saturated carbocycles. The largest absolute Gasteiger partial charge is 0.463 e. The second kappa shape index (κ2) is 9.80. The Balaban J connectivity index is 1.21. The number of nitrogens with one attached hydrogen (secondary N) is 1. The summed E-state index contributed by atoms with van der Waals surface area (Å²) in [5.41, 5.74) is 4.15. The molecule has 4 heterocycles. The van der Waals surface area contributed by atoms with Crippen molar-refractivity contribution in [1.29, 1.82) is 0 Å². The fraction of sp³-hybridized carbons (Fsp3) is 0.480. The second-order valence-corrected chi connectivity index (χ2v) is 9.46. The Bertz CT molecular complexity index is 1080. The first-order valence-electron chi connectivity index (χ1n) is 12.0. The number of piperidine rings is 1. The van der Waals surface area contributed by atoms with Crippen molar-refractivity contribution >= 4 is 23.5 Å². The van der Waals surface area contributed by atoms with Crippen LogP contribution in [0.1, 0.15) is 16.3 Å². The quantitative estimate of drug-likeness (QED) is 0.627. The molecule has 2 amide bonds. The maximum Gasteiger partial charge on any atom is 0.373 e. The first kappa shape index (κ1) is 23.5. The number of carbonyl (C=O) groups is 3. The van der Waals surface area contributed by atoms with Crippen LogP contribution in [0.25, 0.3) is 0 Å². The lowest BCUT2D eigenvalue weighted by molar-refractivity contribution is -0.141. The normalized spacial score (nSPS) is 25.5. The van der Waals surface area contributed by atoms with Gasteiger partial charge in [-0.25, -0.2) is 15.2 Å². The van der Waals surface area contributed by atoms with E-state index >= 15 is 0 Å². The van der Waals surface area contributed by atoms with E-state index in [4.69, 9.17) is 9.15 Å². The van der Waals surface area contributed by atoms with Crippen molar-refractivity contribution < 1.29 is 23.5 Å². The molecule has 0 bridgehead atoms. The number of fused-ring (bicyclic) bond motifs is 1. The molecule has 0 aliphatic carbocycles. The van der Waals surface area contributed by atoms with Crippen molar-refractivity contribution in [2.24, 2.45) is 11.8 Å². The van der Waals surface area contributed by atoms with Crippen LogP contribution in [0.5, 0.6) is 0 Å². The van der Waals surface area contributed by atoms with Gasteiger partial charge in [0, 0.05) is 39.3 Å². The molecular formula is C25H31N5O5. The summed E-state index contributed by atoms with van der Waals surface area (Å²) in [7, 11) is 3.29. The van der Waals surface area contributed by atoms with Gasteiger partial charge in [-0.15, -0.1) is 0 Å². The first-order chi connectivity index (χ1) is 16.9. The second-order valence-electron chi connectivity index (χ2n) is 9.46. The van der Waals surface area contributed by atoms with E-state index in [9.17, 15) is 14.4 Å². The van der Waals surface area contributed by atoms with Crippen LogP contribution in [-0.2, 0) is 20.9 Å². The summed E-state index contributed by atoms with van der Waals surface area (Å²) in [4.78, 5) is 44.6. The molecule has 3 aliphatic rings. The highest BCUT2D eigenvalue weighted by Crippen LogP contribution is 2.32. The third kappa shape index (κ3) is 4.69. The van der Waals surface area contributed by atoms with Gasteiger partial charge in [0.2, 0.25) is 17.6 Å². The Morgan fingerprint density at radius 2 is 1.80 bits per heavy atom. The molecule has 1 aromatic carbocycles. The van der Waals surface area contributed by atoms with Crippen molar-refractivity contribution in [3.8, 4) is 0 Å². The third-order valence-electron chi connectivity index (χ3n) is 7.14. The summed E-state index contributed by atoms with van der Waals surface area (Å²) >= 11 is 0. The number of amides is 2. The highest BCUT2D eigenvalue weighted by atomic mass is 16.5. The number of para-hydroxylation sites is 1. The van der Waals surface area contributed by atoms with Crippen LogP contribution >= 0.6 is 0 Å². The number of piperazine rings is 1. The molecular weight excluding hydrogens is 450 g/mol. The molecule has 35 heavy (non-hydrogen) atoms. The zero-order chi connectivity index (χ0) is 24.5. The lowest BCUT2D eigenvalue weighted by Gasteiger charge is -2.41. The molecule has 10 heteroatoms. The lowest BCUT2D eigenvalue weighted by Crippen LogP contribution is -2.59. The Morgan fingerprint density at radius 3 is 2.51 bits per heavy atom. The van der Waals surface area contributed by atoms with E-state index in [1.165, 1.54) is 7.11 Å². The number of benzene rings is 1. The van der Waals surface area contributed by atoms with Gasteiger partial charge < -0.3 is 19.0 Å². The van der Waals surface area contributed by atoms with Crippen LogP contribution < -0.4 is 10.4 Å². The van der Waals surface area contributed by atoms with E-state index in [0.29, 0.717) is 51.6 Å². The number of hydrogen-bond donors (Lipinski definition) is 1. The van der Waals surface area contributed by atoms with Crippen LogP contribution in [0.3, 0.4) is 0 Å². The van der Waals surface area contributed by atoms with Gasteiger partial charge in [0.1, 0.15) is 5.76 Å². The van der Waals surface area contributed by atoms with Gasteiger partial charge in [0.25, 0.3) is 0 Å². The van der Waals surface area contributed by atoms with Gasteiger partial charge in [-0.05, 0) is 31.3 Å². The van der Waals surface area contributed by atoms with E-state index in [0.717, 1.165) is 5.69 Å². The van der Waals surface area contributed by atoms with Gasteiger partial charge in [-0.3, -0.25) is 14.5 Å². The van der Waals surface area contributed by atoms with E-state index < -0.39 is 5.97 Å². The lowest BCUT2D eigenvalue weighted by atomic mass is 9.84. The van der Waals surface area contributed by atoms with E-state index in [1.54, 1.807) is 17.1 Å². The number of rotatable bonds is 5. The molecule has 3 unspecified atom stereocenters. The maximum absolute atomic E-state index is 13.6. The fourth-order valence-electron chi connectivity index (χ4n) is 5.31. The summed E-state index contributed by atoms with van der Waals surface area (Å²) in [5, 5.41) is 1.61. The van der Waals surface area contributed by atoms with Crippen LogP contribution in [-0.4, -0.2) is 92.0 Å². The number of hydrazine groups is 1. The van der Waals surface area contributed by atoms with Crippen molar-refractivity contribution in [3.05, 3.63) is 54.0 Å². The summed E-state index contributed by atoms with van der Waals surface area (Å²) in [6, 6.07) is 12.7. The van der Waals surface area contributed by atoms with Crippen LogP contribution in [0.2, 0.25) is 0 Å². The summed E-state index contributed by atoms with van der Waals surface area (Å²) in [5.74, 6) is -0.0605. The Hall–Kier alpha value is -3.21. The monoisotopic (exact) mass is 481 g/mol. The number of esters is 1. The maximum atomic E-state index is 13.6. The Kier molecular flexibility index (Phi) is 6.59. The number of furan rings is 1. The third-order valence-corrected chi connectivity index (χ3v) is 7.14. The highest BCUT2D eigenvalue weighted by molar-refractivity contribution is 5.98. The molecule has 1 N–H and O–H groups in total. The molecule has 3 saturated heterocycles. The molecule has 0 radical (unpaired) electrons. The predicted octanol–water partition coefficient (Wildman–Crippen LogP) is 0.808. The minimum atomic E-state index is -0.493. The molecule has 2 aromatic rings. The van der Waals surface area contributed by atoms with Gasteiger partial charge in [-0.2, -0.15) is 0 Å². The summed E-state index contributed by atoms with van der Waals surface area (Å²) in [6.45, 7) is 4.45. The molecule has 5 rings (SSSR count). The number of ether oxygens (including phenoxy) is 1. The van der Waals surface area contributed by atoms with Crippen LogP contribution in [0.15, 0.2) is 46.9 Å². The molecule has 10 nitrogen and oxygen atoms in total. The van der Waals surface area contributed by atoms with Crippen LogP contribution in [0.4, 0.5) is 5.69 Å². The van der Waals surface area contributed by atoms with Crippen molar-refractivity contribution in [3.63, 3.8) is 0 Å². The molecule has 1 aromatic heterocycles. The van der Waals surface area contributed by atoms with Crippen molar-refractivity contribution in [2.75, 3.05) is 58.4 Å². The molecule has 0 spiro atoms. The average Bonchev–Trinajstić information content (AvgIpc) is 3.48. The smallest absolute Gasteiger partial charge is 0.373 e. The minimum Gasteiger partial charge on any atom is -0.463 e. The predicted molar refractivity (Wildman–Crippen MR) is 127 cm³/mol. The minimum absolute atomic E-state index is 0.0140. The summed E-state index contributed by atoms with van der Waals surface area (Å²) in [6.07, 6.45) is 0. The van der Waals surface area contributed by atoms with Gasteiger partial charge in [0.15, 0.2) is 0 Å². The number of anilines is 1. The molecule has 186 valence electrons. The average molecular weight is 482 g/mol. The van der Waals surface area contributed by atoms with Gasteiger partial charge in [0.05, 0.1) is 37.2 Å². The summed E-state index contributed by atoms with van der Waals surface area (Å²) < 4.78 is 10.3. The molecule has 3 atom stereocenters. The Morgan fingerprint density at radius 1 is 1.06 bits per heavy atom. The zero-order valence-electron chi connectivity index (χ0n) is 20.1. The molecule has 3 fully saturated rings. The van der Waals surface area contributed by atoms with Crippen molar-refractivity contribution in [1.82, 2.24) is 20.1 Å². The molecule has 3 aliphatic heterocycles. The van der Waals surface area contributed by atoms with E-state index in [2.05, 4.69) is 15.2 Å². The highest BCUT2D eigenvalue weighted by Gasteiger charge is 2.51. The van der Waals surface area contributed by atoms with Gasteiger partial charge in [-0.1, -0.05) is 18.2 Å². The van der Waals surface area contributed by atoms with Gasteiger partial charge >= 0.3 is 5.97 Å². The topological polar surface area (TPSA) is 98.6 Å². The fourth-order valence-corrected chi connectivity index (χ4v) is 5.31. The van der Waals surface area contributed by atoms with E-state index in [1.807, 2.05) is 42.3 Å². The SMILES string of the molecule is COC(=O)c1ccc(CN2CCN(C(=O)C3CN(C)CC4C(=O)N(c5ccccc5)NC34)CC2)o1. The number of hydrogen-bond acceptors (Lipinski definition) is 8. The van der Waals surface area contributed by atoms with E-state index in [-0.39, 0.29) is 35.5 Å². The first-order valence-corrected chi connectivity index (χ1v) is 12.0. The Labute approximate surface area is 204 Å². The van der Waals surface area contributed by atoms with Crippen molar-refractivity contribution in [2.45, 2.75) is 12.6 Å². The zero-order valence-corrected chi connectivity index (χ0v) is 20.1.